The number of fused-ring (bicyclic) bond motifs is 2. The van der Waals surface area contributed by atoms with Crippen LogP contribution in [0.5, 0.6) is 0 Å². The Morgan fingerprint density at radius 1 is 0.633 bits per heavy atom. The van der Waals surface area contributed by atoms with Gasteiger partial charge in [-0.25, -0.2) is 9.59 Å². The zero-order valence-electron chi connectivity index (χ0n) is 15.8. The van der Waals surface area contributed by atoms with Gasteiger partial charge < -0.3 is 9.97 Å². The number of aromatic amines is 2. The predicted octanol–water partition coefficient (Wildman–Crippen LogP) is 1.77. The normalized spacial score (nSPS) is 11.3. The lowest BCUT2D eigenvalue weighted by molar-refractivity contribution is 0.690. The first-order valence-electron chi connectivity index (χ1n) is 9.24. The highest BCUT2D eigenvalue weighted by Gasteiger charge is 2.08. The van der Waals surface area contributed by atoms with Gasteiger partial charge in [-0.1, -0.05) is 45.9 Å². The number of nitrogens with one attached hydrogen (secondary N) is 2. The molecule has 0 aliphatic heterocycles. The minimum atomic E-state index is -0.432. The Hall–Kier alpha value is -2.98. The van der Waals surface area contributed by atoms with E-state index in [4.69, 9.17) is 0 Å². The number of rotatable bonds is 7. The van der Waals surface area contributed by atoms with Gasteiger partial charge in [0, 0.05) is 24.6 Å². The molecule has 0 aliphatic rings. The van der Waals surface area contributed by atoms with Crippen LogP contribution >= 0.6 is 21.6 Å². The van der Waals surface area contributed by atoms with Crippen molar-refractivity contribution in [2.45, 2.75) is 13.1 Å². The molecule has 2 heterocycles. The Balaban J connectivity index is 1.36. The van der Waals surface area contributed by atoms with Gasteiger partial charge in [-0.05, 0) is 24.3 Å². The standard InChI is InChI=1S/C20H18N4O4S2/c25-17-13-5-1-3-7-15(13)21-19(27)23(17)9-11-29-30-12-10-24-18(26)14-6-2-4-8-16(14)22-20(24)28/h1-8H,9-12H2,(H,21,27)(H,22,28). The number of hydrogen-bond donors (Lipinski definition) is 2. The summed E-state index contributed by atoms with van der Waals surface area (Å²) >= 11 is 0. The lowest BCUT2D eigenvalue weighted by Crippen LogP contribution is -2.35. The highest BCUT2D eigenvalue weighted by molar-refractivity contribution is 8.76. The van der Waals surface area contributed by atoms with Crippen LogP contribution in [0.25, 0.3) is 21.8 Å². The quantitative estimate of drug-likeness (QED) is 0.334. The molecule has 2 aromatic carbocycles. The first-order chi connectivity index (χ1) is 14.6. The van der Waals surface area contributed by atoms with Crippen LogP contribution in [0.1, 0.15) is 0 Å². The summed E-state index contributed by atoms with van der Waals surface area (Å²) in [4.78, 5) is 54.7. The lowest BCUT2D eigenvalue weighted by atomic mass is 10.2. The van der Waals surface area contributed by atoms with Gasteiger partial charge in [0.05, 0.1) is 21.8 Å². The average molecular weight is 443 g/mol. The number of H-pyrrole nitrogens is 2. The van der Waals surface area contributed by atoms with Crippen LogP contribution in [0.4, 0.5) is 0 Å². The smallest absolute Gasteiger partial charge is 0.307 e. The highest BCUT2D eigenvalue weighted by atomic mass is 33.1. The topological polar surface area (TPSA) is 110 Å². The molecule has 4 rings (SSSR count). The van der Waals surface area contributed by atoms with Gasteiger partial charge in [-0.15, -0.1) is 0 Å². The maximum Gasteiger partial charge on any atom is 0.328 e. The second-order valence-corrected chi connectivity index (χ2v) is 9.21. The van der Waals surface area contributed by atoms with E-state index in [0.29, 0.717) is 33.3 Å². The number of hydrogen-bond acceptors (Lipinski definition) is 6. The van der Waals surface area contributed by atoms with Gasteiger partial charge in [0.2, 0.25) is 0 Å². The lowest BCUT2D eigenvalue weighted by Gasteiger charge is -2.07. The summed E-state index contributed by atoms with van der Waals surface area (Å²) < 4.78 is 2.38. The summed E-state index contributed by atoms with van der Waals surface area (Å²) in [5.41, 5.74) is -0.436. The third-order valence-electron chi connectivity index (χ3n) is 4.66. The van der Waals surface area contributed by atoms with Crippen molar-refractivity contribution in [3.8, 4) is 0 Å². The molecule has 0 saturated heterocycles. The van der Waals surface area contributed by atoms with Crippen molar-refractivity contribution in [2.75, 3.05) is 11.5 Å². The van der Waals surface area contributed by atoms with Crippen molar-refractivity contribution in [3.63, 3.8) is 0 Å². The Bertz CT molecular complexity index is 1340. The monoisotopic (exact) mass is 442 g/mol. The molecule has 154 valence electrons. The second kappa shape index (κ2) is 8.80. The molecule has 0 amide bonds. The summed E-state index contributed by atoms with van der Waals surface area (Å²) in [5, 5.41) is 0.953. The van der Waals surface area contributed by atoms with Crippen molar-refractivity contribution in [1.82, 2.24) is 19.1 Å². The van der Waals surface area contributed by atoms with Crippen LogP contribution in [0.2, 0.25) is 0 Å². The summed E-state index contributed by atoms with van der Waals surface area (Å²) in [6.07, 6.45) is 0. The van der Waals surface area contributed by atoms with E-state index in [9.17, 15) is 19.2 Å². The van der Waals surface area contributed by atoms with Crippen LogP contribution in [0.3, 0.4) is 0 Å². The van der Waals surface area contributed by atoms with E-state index in [-0.39, 0.29) is 24.2 Å². The molecular weight excluding hydrogens is 424 g/mol. The predicted molar refractivity (Wildman–Crippen MR) is 123 cm³/mol. The Morgan fingerprint density at radius 3 is 1.47 bits per heavy atom. The number of benzene rings is 2. The van der Waals surface area contributed by atoms with Crippen molar-refractivity contribution >= 4 is 43.4 Å². The van der Waals surface area contributed by atoms with E-state index in [0.717, 1.165) is 0 Å². The van der Waals surface area contributed by atoms with Crippen molar-refractivity contribution < 1.29 is 0 Å². The summed E-state index contributed by atoms with van der Waals surface area (Å²) in [7, 11) is 2.96. The molecule has 2 N–H and O–H groups in total. The third kappa shape index (κ3) is 4.01. The summed E-state index contributed by atoms with van der Waals surface area (Å²) in [5.74, 6) is 1.07. The molecule has 0 atom stereocenters. The maximum absolute atomic E-state index is 12.5. The molecule has 2 aromatic heterocycles. The van der Waals surface area contributed by atoms with Gasteiger partial charge in [0.1, 0.15) is 0 Å². The molecule has 8 nitrogen and oxygen atoms in total. The molecule has 30 heavy (non-hydrogen) atoms. The molecule has 0 fully saturated rings. The van der Waals surface area contributed by atoms with Crippen LogP contribution in [-0.2, 0) is 13.1 Å². The molecule has 0 aliphatic carbocycles. The van der Waals surface area contributed by atoms with Crippen LogP contribution in [0, 0.1) is 0 Å². The zero-order chi connectivity index (χ0) is 21.1. The van der Waals surface area contributed by atoms with Gasteiger partial charge in [-0.3, -0.25) is 18.7 Å². The van der Waals surface area contributed by atoms with E-state index in [1.54, 1.807) is 48.5 Å². The first-order valence-corrected chi connectivity index (χ1v) is 11.7. The van der Waals surface area contributed by atoms with Gasteiger partial charge in [-0.2, -0.15) is 0 Å². The molecular formula is C20H18N4O4S2. The molecule has 0 bridgehead atoms. The Labute approximate surface area is 177 Å². The minimum absolute atomic E-state index is 0.271. The molecule has 0 saturated carbocycles. The molecule has 0 spiro atoms. The minimum Gasteiger partial charge on any atom is -0.307 e. The van der Waals surface area contributed by atoms with Crippen LogP contribution in [0.15, 0.2) is 67.7 Å². The van der Waals surface area contributed by atoms with Crippen LogP contribution in [-0.4, -0.2) is 30.6 Å². The van der Waals surface area contributed by atoms with Crippen LogP contribution < -0.4 is 22.5 Å². The van der Waals surface area contributed by atoms with Gasteiger partial charge in [0.25, 0.3) is 11.1 Å². The molecule has 4 aromatic rings. The van der Waals surface area contributed by atoms with Gasteiger partial charge >= 0.3 is 11.4 Å². The molecule has 10 heteroatoms. The average Bonchev–Trinajstić information content (AvgIpc) is 2.74. The van der Waals surface area contributed by atoms with E-state index in [2.05, 4.69) is 9.97 Å². The fraction of sp³-hybridized carbons (Fsp3) is 0.200. The number of nitrogens with zero attached hydrogens (tertiary/aromatic N) is 2. The molecule has 0 unspecified atom stereocenters. The number of aromatic nitrogens is 4. The Kier molecular flexibility index (Phi) is 5.96. The van der Waals surface area contributed by atoms with Crippen molar-refractivity contribution in [3.05, 3.63) is 90.2 Å². The SMILES string of the molecule is O=c1[nH]c2ccccc2c(=O)n1CCSSCCn1c(=O)[nH]c2ccccc2c1=O. The fourth-order valence-corrected chi connectivity index (χ4v) is 5.08. The largest absolute Gasteiger partial charge is 0.328 e. The van der Waals surface area contributed by atoms with E-state index in [1.165, 1.54) is 30.7 Å². The second-order valence-electron chi connectivity index (χ2n) is 6.51. The maximum atomic E-state index is 12.5. The van der Waals surface area contributed by atoms with Gasteiger partial charge in [0.15, 0.2) is 0 Å². The fourth-order valence-electron chi connectivity index (χ4n) is 3.18. The first kappa shape index (κ1) is 20.3. The van der Waals surface area contributed by atoms with Crippen molar-refractivity contribution in [2.24, 2.45) is 0 Å². The Morgan fingerprint density at radius 2 is 1.03 bits per heavy atom. The van der Waals surface area contributed by atoms with E-state index >= 15 is 0 Å². The van der Waals surface area contributed by atoms with E-state index in [1.807, 2.05) is 0 Å². The summed E-state index contributed by atoms with van der Waals surface area (Å²) in [6, 6.07) is 13.8. The zero-order valence-corrected chi connectivity index (χ0v) is 17.4. The summed E-state index contributed by atoms with van der Waals surface area (Å²) in [6.45, 7) is 0.542. The third-order valence-corrected chi connectivity index (χ3v) is 7.02. The molecule has 0 radical (unpaired) electrons. The number of para-hydroxylation sites is 2. The highest BCUT2D eigenvalue weighted by Crippen LogP contribution is 2.21. The van der Waals surface area contributed by atoms with E-state index < -0.39 is 11.4 Å². The van der Waals surface area contributed by atoms with Crippen molar-refractivity contribution in [1.29, 1.82) is 0 Å².